The van der Waals surface area contributed by atoms with E-state index >= 15 is 0 Å². The Morgan fingerprint density at radius 2 is 1.11 bits per heavy atom. The third kappa shape index (κ3) is 25.8. The fourth-order valence-electron chi connectivity index (χ4n) is 3.96. The van der Waals surface area contributed by atoms with Crippen molar-refractivity contribution in [3.05, 3.63) is 0 Å². The Hall–Kier alpha value is -1.04. The van der Waals surface area contributed by atoms with Crippen molar-refractivity contribution in [1.29, 1.82) is 0 Å². The smallest absolute Gasteiger partial charge is 0.327 e. The number of hydrogen-bond donors (Lipinski definition) is 1. The van der Waals surface area contributed by atoms with E-state index in [2.05, 4.69) is 6.92 Å². The summed E-state index contributed by atoms with van der Waals surface area (Å²) >= 11 is 0. The molecule has 0 unspecified atom stereocenters. The zero-order chi connectivity index (χ0) is 25.8. The quantitative estimate of drug-likeness (QED) is 0.0685. The maximum atomic E-state index is 12.1. The molecule has 0 aromatic heterocycles. The van der Waals surface area contributed by atoms with Gasteiger partial charge in [0.25, 0.3) is 0 Å². The van der Waals surface area contributed by atoms with Crippen molar-refractivity contribution in [2.24, 2.45) is 5.73 Å². The summed E-state index contributed by atoms with van der Waals surface area (Å²) in [5, 5.41) is 0. The molecule has 0 aliphatic rings. The highest BCUT2D eigenvalue weighted by Gasteiger charge is 2.17. The number of ether oxygens (including phenoxy) is 2. The summed E-state index contributed by atoms with van der Waals surface area (Å²) < 4.78 is 26.1. The van der Waals surface area contributed by atoms with E-state index in [0.29, 0.717) is 12.8 Å². The van der Waals surface area contributed by atoms with E-state index < -0.39 is 14.8 Å². The van der Waals surface area contributed by atoms with Crippen molar-refractivity contribution in [2.45, 2.75) is 141 Å². The lowest BCUT2D eigenvalue weighted by Gasteiger charge is -2.16. The zero-order valence-electron chi connectivity index (χ0n) is 22.3. The van der Waals surface area contributed by atoms with Crippen LogP contribution in [-0.2, 0) is 28.2 Å². The summed E-state index contributed by atoms with van der Waals surface area (Å²) in [5.74, 6) is -0.633. The van der Waals surface area contributed by atoms with E-state index in [0.717, 1.165) is 51.5 Å². The molecule has 0 saturated carbocycles. The second-order valence-corrected chi connectivity index (χ2v) is 9.87. The van der Waals surface area contributed by atoms with Crippen molar-refractivity contribution in [2.75, 3.05) is 19.8 Å². The first kappa shape index (κ1) is 34.0. The minimum atomic E-state index is -0.732. The molecule has 35 heavy (non-hydrogen) atoms. The molecule has 0 heterocycles. The topological polar surface area (TPSA) is 105 Å². The molecule has 0 aliphatic heterocycles. The molecule has 0 aliphatic carbocycles. The highest BCUT2D eigenvalue weighted by Crippen LogP contribution is 2.13. The lowest BCUT2D eigenvalue weighted by molar-refractivity contribution is -0.160. The van der Waals surface area contributed by atoms with Crippen LogP contribution in [0.3, 0.4) is 0 Å². The first-order chi connectivity index (χ1) is 17.1. The number of hydrogen-bond acceptors (Lipinski definition) is 7. The Bertz CT molecular complexity index is 506. The molecule has 1 atom stereocenters. The van der Waals surface area contributed by atoms with Gasteiger partial charge in [-0.2, -0.15) is 0 Å². The lowest BCUT2D eigenvalue weighted by atomic mass is 10.1. The molecule has 0 aromatic rings. The second-order valence-electron chi connectivity index (χ2n) is 9.46. The molecule has 206 valence electrons. The van der Waals surface area contributed by atoms with E-state index in [-0.39, 0.29) is 25.2 Å². The number of nitrogens with two attached hydrogens (primary N) is 1. The second kappa shape index (κ2) is 27.5. The largest absolute Gasteiger partial charge is 0.462 e. The molecule has 0 amide bonds. The van der Waals surface area contributed by atoms with Gasteiger partial charge >= 0.3 is 20.6 Å². The van der Waals surface area contributed by atoms with Crippen LogP contribution in [0.2, 0.25) is 0 Å². The number of unbranched alkanes of at least 4 members (excludes halogenated alkanes) is 16. The van der Waals surface area contributed by atoms with Crippen LogP contribution in [0.1, 0.15) is 135 Å². The molecule has 7 nitrogen and oxygen atoms in total. The van der Waals surface area contributed by atoms with Crippen LogP contribution >= 0.6 is 8.69 Å². The lowest BCUT2D eigenvalue weighted by Crippen LogP contribution is -2.28. The van der Waals surface area contributed by atoms with Crippen LogP contribution in [0.25, 0.3) is 0 Å². The number of esters is 2. The third-order valence-electron chi connectivity index (χ3n) is 6.11. The van der Waals surface area contributed by atoms with Crippen LogP contribution in [0.5, 0.6) is 0 Å². The van der Waals surface area contributed by atoms with Crippen molar-refractivity contribution in [3.63, 3.8) is 0 Å². The molecule has 2 N–H and O–H groups in total. The standard InChI is InChI=1S/C27H52NO6P/c1-2-3-4-5-6-7-8-12-15-18-21-27(30)34-25(24-33-35-31)23-32-26(29)20-17-14-11-9-10-13-16-19-22-28/h25H,2-24,28H2,1H3/t25-/m1/s1. The van der Waals surface area contributed by atoms with E-state index in [1.54, 1.807) is 0 Å². The summed E-state index contributed by atoms with van der Waals surface area (Å²) in [6.45, 7) is 2.86. The molecule has 0 saturated heterocycles. The van der Waals surface area contributed by atoms with Crippen molar-refractivity contribution in [1.82, 2.24) is 0 Å². The molecule has 0 bridgehead atoms. The molecule has 0 rings (SSSR count). The van der Waals surface area contributed by atoms with Crippen LogP contribution < -0.4 is 5.73 Å². The van der Waals surface area contributed by atoms with E-state index in [4.69, 9.17) is 19.7 Å². The van der Waals surface area contributed by atoms with Gasteiger partial charge in [-0.15, -0.1) is 0 Å². The molecule has 0 radical (unpaired) electrons. The minimum absolute atomic E-state index is 0.0632. The van der Waals surface area contributed by atoms with Gasteiger partial charge < -0.3 is 15.2 Å². The van der Waals surface area contributed by atoms with Crippen molar-refractivity contribution < 1.29 is 28.2 Å². The Morgan fingerprint density at radius 3 is 1.60 bits per heavy atom. The van der Waals surface area contributed by atoms with Gasteiger partial charge in [-0.25, -0.2) is 4.57 Å². The van der Waals surface area contributed by atoms with Crippen LogP contribution in [0.4, 0.5) is 0 Å². The number of carbonyl (C=O) groups is 2. The van der Waals surface area contributed by atoms with Crippen molar-refractivity contribution in [3.8, 4) is 0 Å². The Balaban J connectivity index is 3.84. The normalized spacial score (nSPS) is 12.1. The van der Waals surface area contributed by atoms with Gasteiger partial charge in [0, 0.05) is 12.8 Å². The summed E-state index contributed by atoms with van der Waals surface area (Å²) in [5.41, 5.74) is 5.49. The fourth-order valence-corrected chi connectivity index (χ4v) is 4.19. The van der Waals surface area contributed by atoms with Gasteiger partial charge in [-0.05, 0) is 25.8 Å². The maximum absolute atomic E-state index is 12.1. The van der Waals surface area contributed by atoms with Gasteiger partial charge in [0.1, 0.15) is 13.2 Å². The molecule has 0 aromatic carbocycles. The van der Waals surface area contributed by atoms with E-state index in [1.807, 2.05) is 0 Å². The Morgan fingerprint density at radius 1 is 0.657 bits per heavy atom. The summed E-state index contributed by atoms with van der Waals surface area (Å²) in [6.07, 6.45) is 20.8. The monoisotopic (exact) mass is 517 g/mol. The predicted octanol–water partition coefficient (Wildman–Crippen LogP) is 7.45. The number of carbonyl (C=O) groups excluding carboxylic acids is 2. The fraction of sp³-hybridized carbons (Fsp3) is 0.926. The van der Waals surface area contributed by atoms with Crippen LogP contribution in [0.15, 0.2) is 0 Å². The summed E-state index contributed by atoms with van der Waals surface area (Å²) in [7, 11) is -0.488. The molecule has 0 fully saturated rings. The third-order valence-corrected chi connectivity index (χ3v) is 6.37. The first-order valence-electron chi connectivity index (χ1n) is 14.1. The molecular formula is C27H52NO6P. The first-order valence-corrected chi connectivity index (χ1v) is 14.9. The Labute approximate surface area is 215 Å². The molecule has 8 heteroatoms. The SMILES string of the molecule is CCCCCCCCCCCCC(=O)O[C@@H](COP=O)COC(=O)CCCCCCCCCCN. The minimum Gasteiger partial charge on any atom is -0.462 e. The van der Waals surface area contributed by atoms with Gasteiger partial charge in [0.2, 0.25) is 0 Å². The van der Waals surface area contributed by atoms with Gasteiger partial charge in [-0.3, -0.25) is 14.1 Å². The summed E-state index contributed by atoms with van der Waals surface area (Å²) in [4.78, 5) is 24.2. The van der Waals surface area contributed by atoms with Gasteiger partial charge in [0.15, 0.2) is 6.10 Å². The maximum Gasteiger partial charge on any atom is 0.327 e. The van der Waals surface area contributed by atoms with Crippen LogP contribution in [0, 0.1) is 0 Å². The summed E-state index contributed by atoms with van der Waals surface area (Å²) in [6, 6.07) is 0. The van der Waals surface area contributed by atoms with Crippen LogP contribution in [-0.4, -0.2) is 37.8 Å². The highest BCUT2D eigenvalue weighted by atomic mass is 31.1. The highest BCUT2D eigenvalue weighted by molar-refractivity contribution is 7.17. The van der Waals surface area contributed by atoms with Crippen molar-refractivity contribution >= 4 is 20.6 Å². The number of rotatable bonds is 27. The average molecular weight is 518 g/mol. The molecule has 0 spiro atoms. The van der Waals surface area contributed by atoms with Gasteiger partial charge in [-0.1, -0.05) is 103 Å². The van der Waals surface area contributed by atoms with Gasteiger partial charge in [0.05, 0.1) is 0 Å². The van der Waals surface area contributed by atoms with E-state index in [1.165, 1.54) is 70.6 Å². The zero-order valence-corrected chi connectivity index (χ0v) is 23.2. The molecular weight excluding hydrogens is 465 g/mol. The predicted molar refractivity (Wildman–Crippen MR) is 141 cm³/mol. The average Bonchev–Trinajstić information content (AvgIpc) is 2.85. The Kier molecular flexibility index (Phi) is 26.7. The van der Waals surface area contributed by atoms with E-state index in [9.17, 15) is 14.2 Å².